The maximum Gasteiger partial charge on any atom is -0.0280 e. The SMILES string of the molecule is C1CC2=C3CCC(=C4CCC(=C5CCC(=C1CC2)CC5)CC4)CC3. The topological polar surface area (TPSA) is 0 Å². The molecule has 0 unspecified atom stereocenters. The molecule has 24 heavy (non-hydrogen) atoms. The molecule has 0 heteroatoms. The lowest BCUT2D eigenvalue weighted by Crippen LogP contribution is -2.12. The summed E-state index contributed by atoms with van der Waals surface area (Å²) in [5.74, 6) is 0. The quantitative estimate of drug-likeness (QED) is 0.406. The Kier molecular flexibility index (Phi) is 4.03. The fourth-order valence-electron chi connectivity index (χ4n) is 6.24. The van der Waals surface area contributed by atoms with Gasteiger partial charge in [0.05, 0.1) is 0 Å². The van der Waals surface area contributed by atoms with Crippen molar-refractivity contribution in [1.82, 2.24) is 0 Å². The van der Waals surface area contributed by atoms with Crippen LogP contribution >= 0.6 is 0 Å². The first kappa shape index (κ1) is 15.2. The Morgan fingerprint density at radius 2 is 0.250 bits per heavy atom. The highest BCUT2D eigenvalue weighted by Gasteiger charge is 2.25. The van der Waals surface area contributed by atoms with Gasteiger partial charge in [-0.2, -0.15) is 0 Å². The minimum Gasteiger partial charge on any atom is -0.0704 e. The van der Waals surface area contributed by atoms with E-state index in [0.717, 1.165) is 0 Å². The fourth-order valence-corrected chi connectivity index (χ4v) is 6.24. The molecule has 8 bridgehead atoms. The Morgan fingerprint density at radius 1 is 0.167 bits per heavy atom. The molecule has 0 radical (unpaired) electrons. The van der Waals surface area contributed by atoms with Crippen LogP contribution in [0.3, 0.4) is 0 Å². The average Bonchev–Trinajstić information content (AvgIpc) is 2.68. The molecule has 0 nitrogen and oxygen atoms in total. The average molecular weight is 321 g/mol. The maximum atomic E-state index is 1.87. The van der Waals surface area contributed by atoms with Crippen molar-refractivity contribution in [2.45, 2.75) is 103 Å². The number of rotatable bonds is 0. The molecule has 0 aliphatic heterocycles. The summed E-state index contributed by atoms with van der Waals surface area (Å²) in [7, 11) is 0. The zero-order chi connectivity index (χ0) is 15.9. The molecule has 0 aromatic heterocycles. The molecule has 0 saturated heterocycles. The Bertz CT molecular complexity index is 453. The van der Waals surface area contributed by atoms with E-state index in [0.29, 0.717) is 0 Å². The highest BCUT2D eigenvalue weighted by molar-refractivity contribution is 5.34. The van der Waals surface area contributed by atoms with Crippen molar-refractivity contribution in [1.29, 1.82) is 0 Å². The largest absolute Gasteiger partial charge is 0.0704 e. The van der Waals surface area contributed by atoms with E-state index in [1.54, 1.807) is 0 Å². The van der Waals surface area contributed by atoms with Crippen LogP contribution in [-0.2, 0) is 0 Å². The third-order valence-corrected chi connectivity index (χ3v) is 7.83. The van der Waals surface area contributed by atoms with Gasteiger partial charge < -0.3 is 0 Å². The van der Waals surface area contributed by atoms with Crippen molar-refractivity contribution in [3.8, 4) is 0 Å². The van der Waals surface area contributed by atoms with Crippen molar-refractivity contribution in [2.75, 3.05) is 0 Å². The van der Waals surface area contributed by atoms with Crippen LogP contribution in [-0.4, -0.2) is 0 Å². The highest BCUT2D eigenvalue weighted by Crippen LogP contribution is 2.44. The molecule has 14 aliphatic carbocycles. The van der Waals surface area contributed by atoms with Crippen LogP contribution in [0.5, 0.6) is 0 Å². The van der Waals surface area contributed by atoms with Crippen molar-refractivity contribution >= 4 is 0 Å². The Labute approximate surface area is 147 Å². The van der Waals surface area contributed by atoms with Crippen molar-refractivity contribution < 1.29 is 0 Å². The van der Waals surface area contributed by atoms with Gasteiger partial charge in [-0.15, -0.1) is 0 Å². The van der Waals surface area contributed by atoms with Crippen LogP contribution in [0.4, 0.5) is 0 Å². The van der Waals surface area contributed by atoms with E-state index in [-0.39, 0.29) is 0 Å². The molecule has 0 aromatic carbocycles. The summed E-state index contributed by atoms with van der Waals surface area (Å²) in [5, 5.41) is 0. The molecule has 0 amide bonds. The monoisotopic (exact) mass is 320 g/mol. The smallest absolute Gasteiger partial charge is 0.0280 e. The van der Waals surface area contributed by atoms with Gasteiger partial charge in [0.25, 0.3) is 0 Å². The molecule has 4 fully saturated rings. The second kappa shape index (κ2) is 6.36. The Morgan fingerprint density at radius 3 is 0.333 bits per heavy atom. The van der Waals surface area contributed by atoms with Crippen LogP contribution in [0.15, 0.2) is 44.6 Å². The number of hydrogen-bond acceptors (Lipinski definition) is 0. The first-order valence-corrected chi connectivity index (χ1v) is 10.7. The molecule has 14 aliphatic rings. The summed E-state index contributed by atoms with van der Waals surface area (Å²) in [6.45, 7) is 0. The first-order chi connectivity index (χ1) is 11.9. The summed E-state index contributed by atoms with van der Waals surface area (Å²) in [5.41, 5.74) is 15.0. The van der Waals surface area contributed by atoms with Gasteiger partial charge >= 0.3 is 0 Å². The predicted molar refractivity (Wildman–Crippen MR) is 102 cm³/mol. The van der Waals surface area contributed by atoms with Gasteiger partial charge in [-0.25, -0.2) is 0 Å². The summed E-state index contributed by atoms with van der Waals surface area (Å²) in [6, 6.07) is 0. The molecule has 0 aromatic rings. The second-order valence-electron chi connectivity index (χ2n) is 8.83. The van der Waals surface area contributed by atoms with Crippen LogP contribution in [0.25, 0.3) is 0 Å². The van der Waals surface area contributed by atoms with Crippen LogP contribution < -0.4 is 0 Å². The maximum absolute atomic E-state index is 1.87. The summed E-state index contributed by atoms with van der Waals surface area (Å²) in [6.07, 6.45) is 22.3. The molecule has 0 N–H and O–H groups in total. The first-order valence-electron chi connectivity index (χ1n) is 10.7. The van der Waals surface area contributed by atoms with Crippen molar-refractivity contribution in [3.05, 3.63) is 44.6 Å². The molecule has 4 saturated carbocycles. The molecule has 0 atom stereocenters. The van der Waals surface area contributed by atoms with E-state index in [9.17, 15) is 0 Å². The lowest BCUT2D eigenvalue weighted by Gasteiger charge is -2.32. The standard InChI is InChI=1S/C24H32/c1-2-18-4-3-17(1)19-5-7-21(8-6-19)23-13-15-24(16-14-23)22-11-9-20(18)10-12-22/h1-16H2. The third kappa shape index (κ3) is 2.76. The third-order valence-electron chi connectivity index (χ3n) is 7.83. The van der Waals surface area contributed by atoms with Gasteiger partial charge in [0.2, 0.25) is 0 Å². The number of hydrogen-bond donors (Lipinski definition) is 0. The normalized spacial score (nSPS) is 28.0. The highest BCUT2D eigenvalue weighted by atomic mass is 14.3. The number of allylic oxidation sites excluding steroid dienone is 8. The van der Waals surface area contributed by atoms with Crippen LogP contribution in [0.1, 0.15) is 103 Å². The zero-order valence-electron chi connectivity index (χ0n) is 15.3. The van der Waals surface area contributed by atoms with Crippen molar-refractivity contribution in [3.63, 3.8) is 0 Å². The van der Waals surface area contributed by atoms with Gasteiger partial charge in [-0.1, -0.05) is 44.6 Å². The van der Waals surface area contributed by atoms with E-state index in [2.05, 4.69) is 0 Å². The van der Waals surface area contributed by atoms with E-state index in [1.807, 2.05) is 44.6 Å². The molecule has 14 rings (SSSR count). The Balaban J connectivity index is 1.51. The van der Waals surface area contributed by atoms with E-state index < -0.39 is 0 Å². The molecular weight excluding hydrogens is 288 g/mol. The summed E-state index contributed by atoms with van der Waals surface area (Å²) in [4.78, 5) is 0. The predicted octanol–water partition coefficient (Wildman–Crippen LogP) is 7.48. The van der Waals surface area contributed by atoms with Crippen LogP contribution in [0, 0.1) is 0 Å². The van der Waals surface area contributed by atoms with Crippen molar-refractivity contribution in [2.24, 2.45) is 0 Å². The van der Waals surface area contributed by atoms with Crippen LogP contribution in [0.2, 0.25) is 0 Å². The second-order valence-corrected chi connectivity index (χ2v) is 8.83. The lowest BCUT2D eigenvalue weighted by molar-refractivity contribution is 0.599. The zero-order valence-corrected chi connectivity index (χ0v) is 15.3. The minimum absolute atomic E-state index is 1.40. The van der Waals surface area contributed by atoms with Gasteiger partial charge in [0.1, 0.15) is 0 Å². The molecule has 128 valence electrons. The van der Waals surface area contributed by atoms with Gasteiger partial charge in [0.15, 0.2) is 0 Å². The summed E-state index contributed by atoms with van der Waals surface area (Å²) >= 11 is 0. The molecule has 0 heterocycles. The van der Waals surface area contributed by atoms with E-state index >= 15 is 0 Å². The fraction of sp³-hybridized carbons (Fsp3) is 0.667. The summed E-state index contributed by atoms with van der Waals surface area (Å²) < 4.78 is 0. The Hall–Kier alpha value is -1.04. The minimum atomic E-state index is 1.40. The van der Waals surface area contributed by atoms with Gasteiger partial charge in [-0.05, 0) is 103 Å². The van der Waals surface area contributed by atoms with Gasteiger partial charge in [0, 0.05) is 0 Å². The van der Waals surface area contributed by atoms with E-state index in [1.165, 1.54) is 103 Å². The van der Waals surface area contributed by atoms with Gasteiger partial charge in [-0.3, -0.25) is 0 Å². The molecular formula is C24H32. The van der Waals surface area contributed by atoms with E-state index in [4.69, 9.17) is 0 Å². The lowest BCUT2D eigenvalue weighted by atomic mass is 9.74. The molecule has 0 spiro atoms.